The molecule has 5 nitrogen and oxygen atoms in total. The minimum Gasteiger partial charge on any atom is -0.342 e. The van der Waals surface area contributed by atoms with Crippen LogP contribution in [0.5, 0.6) is 0 Å². The van der Waals surface area contributed by atoms with Crippen LogP contribution < -0.4 is 10.7 Å². The lowest BCUT2D eigenvalue weighted by molar-refractivity contribution is -0.120. The predicted octanol–water partition coefficient (Wildman–Crippen LogP) is 2.02. The molecule has 1 heterocycles. The number of rotatable bonds is 5. The van der Waals surface area contributed by atoms with E-state index in [9.17, 15) is 9.59 Å². The van der Waals surface area contributed by atoms with Gasteiger partial charge in [0, 0.05) is 0 Å². The minimum absolute atomic E-state index is 0.109. The van der Waals surface area contributed by atoms with Crippen LogP contribution in [0.15, 0.2) is 52.9 Å². The van der Waals surface area contributed by atoms with E-state index >= 15 is 0 Å². The van der Waals surface area contributed by atoms with E-state index in [0.717, 1.165) is 5.56 Å². The summed E-state index contributed by atoms with van der Waals surface area (Å²) in [6.45, 7) is 1.70. The van der Waals surface area contributed by atoms with Crippen LogP contribution in [0.25, 0.3) is 0 Å². The van der Waals surface area contributed by atoms with Gasteiger partial charge in [0.05, 0.1) is 17.1 Å². The van der Waals surface area contributed by atoms with E-state index in [1.54, 1.807) is 19.1 Å². The van der Waals surface area contributed by atoms with E-state index in [1.807, 2.05) is 35.7 Å². The van der Waals surface area contributed by atoms with Gasteiger partial charge in [0.15, 0.2) is 0 Å². The Morgan fingerprint density at radius 1 is 1.14 bits per heavy atom. The van der Waals surface area contributed by atoms with E-state index in [-0.39, 0.29) is 18.4 Å². The Kier molecular flexibility index (Phi) is 5.22. The summed E-state index contributed by atoms with van der Waals surface area (Å²) in [5, 5.41) is 8.35. The molecule has 0 fully saturated rings. The van der Waals surface area contributed by atoms with E-state index in [4.69, 9.17) is 0 Å². The molecule has 2 aromatic rings. The van der Waals surface area contributed by atoms with Crippen molar-refractivity contribution in [1.82, 2.24) is 10.7 Å². The van der Waals surface area contributed by atoms with E-state index < -0.39 is 0 Å². The van der Waals surface area contributed by atoms with Crippen LogP contribution in [0.4, 0.5) is 0 Å². The van der Waals surface area contributed by atoms with Gasteiger partial charge < -0.3 is 5.32 Å². The van der Waals surface area contributed by atoms with Gasteiger partial charge in [-0.3, -0.25) is 9.59 Å². The van der Waals surface area contributed by atoms with Crippen LogP contribution in [0.1, 0.15) is 22.2 Å². The molecule has 0 bridgehead atoms. The monoisotopic (exact) mass is 301 g/mol. The molecule has 0 spiro atoms. The Labute approximate surface area is 126 Å². The second-order valence-corrected chi connectivity index (χ2v) is 5.21. The second-order valence-electron chi connectivity index (χ2n) is 4.26. The third-order valence-corrected chi connectivity index (χ3v) is 3.56. The van der Waals surface area contributed by atoms with Crippen molar-refractivity contribution in [2.45, 2.75) is 6.92 Å². The molecule has 1 aromatic heterocycles. The summed E-state index contributed by atoms with van der Waals surface area (Å²) < 4.78 is 0. The van der Waals surface area contributed by atoms with Crippen molar-refractivity contribution in [3.8, 4) is 0 Å². The van der Waals surface area contributed by atoms with Crippen molar-refractivity contribution in [2.24, 2.45) is 5.10 Å². The summed E-state index contributed by atoms with van der Waals surface area (Å²) in [5.74, 6) is -0.626. The van der Waals surface area contributed by atoms with Crippen molar-refractivity contribution in [2.75, 3.05) is 6.54 Å². The lowest BCUT2D eigenvalue weighted by Gasteiger charge is -2.04. The molecule has 0 saturated heterocycles. The topological polar surface area (TPSA) is 70.6 Å². The quantitative estimate of drug-likeness (QED) is 0.655. The highest BCUT2D eigenvalue weighted by Crippen LogP contribution is 2.07. The normalized spacial score (nSPS) is 11.0. The highest BCUT2D eigenvalue weighted by Gasteiger charge is 2.08. The SMILES string of the molecule is C/C(=N/NC(=O)CNC(=O)c1cccs1)c1ccccc1. The minimum atomic E-state index is -0.366. The summed E-state index contributed by atoms with van der Waals surface area (Å²) >= 11 is 1.33. The number of carbonyl (C=O) groups is 2. The fraction of sp³-hybridized carbons (Fsp3) is 0.133. The average molecular weight is 301 g/mol. The van der Waals surface area contributed by atoms with Gasteiger partial charge in [-0.25, -0.2) is 5.43 Å². The molecule has 0 radical (unpaired) electrons. The first-order valence-electron chi connectivity index (χ1n) is 6.37. The maximum atomic E-state index is 11.7. The van der Waals surface area contributed by atoms with Gasteiger partial charge in [-0.15, -0.1) is 11.3 Å². The summed E-state index contributed by atoms with van der Waals surface area (Å²) in [4.78, 5) is 23.9. The summed E-state index contributed by atoms with van der Waals surface area (Å²) in [5.41, 5.74) is 4.05. The standard InChI is InChI=1S/C15H15N3O2S/c1-11(12-6-3-2-4-7-12)17-18-14(19)10-16-15(20)13-8-5-9-21-13/h2-9H,10H2,1H3,(H,16,20)(H,18,19)/b17-11-. The fourth-order valence-corrected chi connectivity index (χ4v) is 2.23. The molecule has 0 unspecified atom stereocenters. The number of nitrogens with zero attached hydrogens (tertiary/aromatic N) is 1. The van der Waals surface area contributed by atoms with Gasteiger partial charge in [-0.1, -0.05) is 36.4 Å². The van der Waals surface area contributed by atoms with Crippen LogP contribution >= 0.6 is 11.3 Å². The zero-order chi connectivity index (χ0) is 15.1. The number of nitrogens with one attached hydrogen (secondary N) is 2. The average Bonchev–Trinajstić information content (AvgIpc) is 3.05. The van der Waals surface area contributed by atoms with Crippen LogP contribution in [-0.2, 0) is 4.79 Å². The molecule has 0 atom stereocenters. The molecule has 0 saturated carbocycles. The van der Waals surface area contributed by atoms with Gasteiger partial charge in [-0.05, 0) is 23.9 Å². The van der Waals surface area contributed by atoms with Gasteiger partial charge in [0.25, 0.3) is 11.8 Å². The number of benzene rings is 1. The lowest BCUT2D eigenvalue weighted by Crippen LogP contribution is -2.34. The number of thiophene rings is 1. The van der Waals surface area contributed by atoms with E-state index in [2.05, 4.69) is 15.8 Å². The highest BCUT2D eigenvalue weighted by molar-refractivity contribution is 7.12. The van der Waals surface area contributed by atoms with Crippen LogP contribution in [0.2, 0.25) is 0 Å². The van der Waals surface area contributed by atoms with Crippen molar-refractivity contribution < 1.29 is 9.59 Å². The largest absolute Gasteiger partial charge is 0.342 e. The van der Waals surface area contributed by atoms with Crippen molar-refractivity contribution >= 4 is 28.9 Å². The van der Waals surface area contributed by atoms with E-state index in [1.165, 1.54) is 11.3 Å². The molecular formula is C15H15N3O2S. The first-order valence-corrected chi connectivity index (χ1v) is 7.25. The van der Waals surface area contributed by atoms with Crippen LogP contribution in [-0.4, -0.2) is 24.1 Å². The number of hydrogen-bond donors (Lipinski definition) is 2. The zero-order valence-electron chi connectivity index (χ0n) is 11.5. The van der Waals surface area contributed by atoms with Gasteiger partial charge in [0.2, 0.25) is 0 Å². The Bertz CT molecular complexity index is 636. The molecule has 108 valence electrons. The van der Waals surface area contributed by atoms with Crippen molar-refractivity contribution in [3.05, 3.63) is 58.3 Å². The number of amides is 2. The molecule has 0 aliphatic carbocycles. The third kappa shape index (κ3) is 4.54. The second kappa shape index (κ2) is 7.35. The molecular weight excluding hydrogens is 286 g/mol. The smallest absolute Gasteiger partial charge is 0.261 e. The Balaban J connectivity index is 1.81. The van der Waals surface area contributed by atoms with Gasteiger partial charge in [-0.2, -0.15) is 5.10 Å². The Morgan fingerprint density at radius 2 is 1.90 bits per heavy atom. The number of carbonyl (C=O) groups excluding carboxylic acids is 2. The molecule has 2 amide bonds. The third-order valence-electron chi connectivity index (χ3n) is 2.69. The molecule has 2 rings (SSSR count). The van der Waals surface area contributed by atoms with Crippen molar-refractivity contribution in [1.29, 1.82) is 0 Å². The predicted molar refractivity (Wildman–Crippen MR) is 83.4 cm³/mol. The summed E-state index contributed by atoms with van der Waals surface area (Å²) in [6.07, 6.45) is 0. The van der Waals surface area contributed by atoms with Gasteiger partial charge >= 0.3 is 0 Å². The Morgan fingerprint density at radius 3 is 2.57 bits per heavy atom. The maximum absolute atomic E-state index is 11.7. The molecule has 6 heteroatoms. The highest BCUT2D eigenvalue weighted by atomic mass is 32.1. The fourth-order valence-electron chi connectivity index (χ4n) is 1.59. The zero-order valence-corrected chi connectivity index (χ0v) is 12.3. The lowest BCUT2D eigenvalue weighted by atomic mass is 10.1. The van der Waals surface area contributed by atoms with Crippen molar-refractivity contribution in [3.63, 3.8) is 0 Å². The molecule has 21 heavy (non-hydrogen) atoms. The molecule has 2 N–H and O–H groups in total. The number of hydrogen-bond acceptors (Lipinski definition) is 4. The van der Waals surface area contributed by atoms with Crippen LogP contribution in [0.3, 0.4) is 0 Å². The van der Waals surface area contributed by atoms with E-state index in [0.29, 0.717) is 10.6 Å². The summed E-state index contributed by atoms with van der Waals surface area (Å²) in [7, 11) is 0. The Hall–Kier alpha value is -2.47. The summed E-state index contributed by atoms with van der Waals surface area (Å²) in [6, 6.07) is 13.0. The first-order chi connectivity index (χ1) is 10.2. The van der Waals surface area contributed by atoms with Gasteiger partial charge in [0.1, 0.15) is 0 Å². The van der Waals surface area contributed by atoms with Crippen LogP contribution in [0, 0.1) is 0 Å². The molecule has 0 aliphatic rings. The number of hydrazone groups is 1. The maximum Gasteiger partial charge on any atom is 0.261 e. The molecule has 1 aromatic carbocycles. The first kappa shape index (κ1) is 14.9. The molecule has 0 aliphatic heterocycles.